The number of ether oxygens (including phenoxy) is 1. The molecule has 8 heteroatoms. The number of carbonyl (C=O) groups is 1. The van der Waals surface area contributed by atoms with Gasteiger partial charge in [0.2, 0.25) is 0 Å². The van der Waals surface area contributed by atoms with E-state index in [1.165, 1.54) is 5.56 Å². The molecule has 6 nitrogen and oxygen atoms in total. The molecule has 0 fully saturated rings. The number of aromatic nitrogens is 2. The first kappa shape index (κ1) is 23.0. The molecule has 4 rings (SSSR count). The molecule has 2 aromatic heterocycles. The van der Waals surface area contributed by atoms with Crippen molar-refractivity contribution in [3.05, 3.63) is 99.6 Å². The maximum absolute atomic E-state index is 12.6. The minimum Gasteiger partial charge on any atom is -0.486 e. The van der Waals surface area contributed by atoms with E-state index in [1.54, 1.807) is 23.0 Å². The highest BCUT2D eigenvalue weighted by Crippen LogP contribution is 2.23. The zero-order valence-corrected chi connectivity index (χ0v) is 19.7. The van der Waals surface area contributed by atoms with Gasteiger partial charge in [0.05, 0.1) is 6.54 Å². The Balaban J connectivity index is 1.34. The second-order valence-electron chi connectivity index (χ2n) is 7.88. The molecule has 0 atom stereocenters. The molecule has 0 saturated carbocycles. The van der Waals surface area contributed by atoms with Crippen molar-refractivity contribution in [1.82, 2.24) is 9.78 Å². The fourth-order valence-electron chi connectivity index (χ4n) is 3.19. The van der Waals surface area contributed by atoms with Crippen molar-refractivity contribution >= 4 is 34.9 Å². The lowest BCUT2D eigenvalue weighted by molar-refractivity contribution is 0.0992. The van der Waals surface area contributed by atoms with E-state index >= 15 is 0 Å². The Labute approximate surface area is 202 Å². The molecule has 4 aromatic rings. The van der Waals surface area contributed by atoms with E-state index in [4.69, 9.17) is 32.4 Å². The van der Waals surface area contributed by atoms with Crippen LogP contribution >= 0.6 is 23.2 Å². The van der Waals surface area contributed by atoms with Crippen molar-refractivity contribution in [2.45, 2.75) is 32.9 Å². The summed E-state index contributed by atoms with van der Waals surface area (Å²) in [5, 5.41) is 8.03. The number of amides is 1. The SMILES string of the molecule is CC(C)c1ccc(OCc2ccc(C(=O)Nc3nn(Cc4ccc(Cl)cc4)cc3Cl)o2)cc1. The summed E-state index contributed by atoms with van der Waals surface area (Å²) in [6, 6.07) is 18.7. The number of halogens is 2. The van der Waals surface area contributed by atoms with Crippen LogP contribution in [0.15, 0.2) is 71.3 Å². The highest BCUT2D eigenvalue weighted by molar-refractivity contribution is 6.33. The normalized spacial score (nSPS) is 11.1. The number of rotatable bonds is 8. The molecule has 33 heavy (non-hydrogen) atoms. The first-order chi connectivity index (χ1) is 15.9. The van der Waals surface area contributed by atoms with Crippen molar-refractivity contribution in [3.63, 3.8) is 0 Å². The van der Waals surface area contributed by atoms with Crippen LogP contribution < -0.4 is 10.1 Å². The molecular formula is C25H23Cl2N3O3. The molecule has 0 spiro atoms. The topological polar surface area (TPSA) is 69.3 Å². The van der Waals surface area contributed by atoms with Gasteiger partial charge in [-0.25, -0.2) is 0 Å². The highest BCUT2D eigenvalue weighted by atomic mass is 35.5. The number of anilines is 1. The monoisotopic (exact) mass is 483 g/mol. The Morgan fingerprint density at radius 3 is 2.48 bits per heavy atom. The Bertz CT molecular complexity index is 1230. The van der Waals surface area contributed by atoms with Crippen molar-refractivity contribution in [3.8, 4) is 5.75 Å². The van der Waals surface area contributed by atoms with Crippen LogP contribution in [0, 0.1) is 0 Å². The highest BCUT2D eigenvalue weighted by Gasteiger charge is 2.16. The maximum Gasteiger partial charge on any atom is 0.292 e. The molecule has 1 amide bonds. The number of nitrogens with one attached hydrogen (secondary N) is 1. The number of nitrogens with zero attached hydrogens (tertiary/aromatic N) is 2. The second-order valence-corrected chi connectivity index (χ2v) is 8.73. The van der Waals surface area contributed by atoms with E-state index in [2.05, 4.69) is 24.3 Å². The predicted octanol–water partition coefficient (Wildman–Crippen LogP) is 6.79. The molecule has 0 aliphatic heterocycles. The van der Waals surface area contributed by atoms with Gasteiger partial charge in [0.1, 0.15) is 23.1 Å². The van der Waals surface area contributed by atoms with Crippen LogP contribution in [-0.2, 0) is 13.2 Å². The summed E-state index contributed by atoms with van der Waals surface area (Å²) in [5.74, 6) is 1.69. The van der Waals surface area contributed by atoms with E-state index < -0.39 is 5.91 Å². The van der Waals surface area contributed by atoms with Gasteiger partial charge >= 0.3 is 0 Å². The van der Waals surface area contributed by atoms with Gasteiger partial charge in [-0.15, -0.1) is 0 Å². The van der Waals surface area contributed by atoms with E-state index in [0.29, 0.717) is 28.3 Å². The first-order valence-electron chi connectivity index (χ1n) is 10.5. The van der Waals surface area contributed by atoms with Crippen LogP contribution in [0.2, 0.25) is 10.0 Å². The number of benzene rings is 2. The summed E-state index contributed by atoms with van der Waals surface area (Å²) in [6.07, 6.45) is 1.65. The molecule has 0 bridgehead atoms. The minimum atomic E-state index is -0.443. The molecule has 1 N–H and O–H groups in total. The molecule has 2 heterocycles. The van der Waals surface area contributed by atoms with Crippen molar-refractivity contribution < 1.29 is 13.9 Å². The predicted molar refractivity (Wildman–Crippen MR) is 129 cm³/mol. The van der Waals surface area contributed by atoms with E-state index in [0.717, 1.165) is 11.3 Å². The van der Waals surface area contributed by atoms with Gasteiger partial charge in [0, 0.05) is 11.2 Å². The average molecular weight is 484 g/mol. The van der Waals surface area contributed by atoms with Gasteiger partial charge in [-0.3, -0.25) is 9.48 Å². The van der Waals surface area contributed by atoms with Crippen molar-refractivity contribution in [2.75, 3.05) is 5.32 Å². The van der Waals surface area contributed by atoms with E-state index in [-0.39, 0.29) is 18.2 Å². The van der Waals surface area contributed by atoms with Crippen LogP contribution in [0.3, 0.4) is 0 Å². The standard InChI is InChI=1S/C25H23Cl2N3O3/c1-16(2)18-5-9-20(10-6-18)32-15-21-11-12-23(33-21)25(31)28-24-22(27)14-30(29-24)13-17-3-7-19(26)8-4-17/h3-12,14,16H,13,15H2,1-2H3,(H,28,29,31). The van der Waals surface area contributed by atoms with Crippen molar-refractivity contribution in [1.29, 1.82) is 0 Å². The lowest BCUT2D eigenvalue weighted by atomic mass is 10.0. The summed E-state index contributed by atoms with van der Waals surface area (Å²) >= 11 is 12.2. The lowest BCUT2D eigenvalue weighted by Gasteiger charge is -2.08. The number of hydrogen-bond donors (Lipinski definition) is 1. The lowest BCUT2D eigenvalue weighted by Crippen LogP contribution is -2.12. The third kappa shape index (κ3) is 5.97. The zero-order valence-electron chi connectivity index (χ0n) is 18.2. The summed E-state index contributed by atoms with van der Waals surface area (Å²) in [4.78, 5) is 12.6. The Morgan fingerprint density at radius 1 is 1.06 bits per heavy atom. The summed E-state index contributed by atoms with van der Waals surface area (Å²) in [7, 11) is 0. The maximum atomic E-state index is 12.6. The third-order valence-corrected chi connectivity index (χ3v) is 5.55. The minimum absolute atomic E-state index is 0.145. The number of furan rings is 1. The van der Waals surface area contributed by atoms with E-state index in [1.807, 2.05) is 48.5 Å². The Kier molecular flexibility index (Phi) is 7.06. The molecule has 0 aliphatic carbocycles. The molecule has 170 valence electrons. The smallest absolute Gasteiger partial charge is 0.292 e. The fourth-order valence-corrected chi connectivity index (χ4v) is 3.51. The fraction of sp³-hybridized carbons (Fsp3) is 0.200. The molecular weight excluding hydrogens is 461 g/mol. The van der Waals surface area contributed by atoms with Gasteiger partial charge in [0.15, 0.2) is 11.6 Å². The van der Waals surface area contributed by atoms with Crippen LogP contribution in [0.1, 0.15) is 47.2 Å². The number of hydrogen-bond acceptors (Lipinski definition) is 4. The summed E-state index contributed by atoms with van der Waals surface area (Å²) in [5.41, 5.74) is 2.25. The first-order valence-corrected chi connectivity index (χ1v) is 11.2. The third-order valence-electron chi connectivity index (χ3n) is 5.02. The van der Waals surface area contributed by atoms with Crippen molar-refractivity contribution in [2.24, 2.45) is 0 Å². The van der Waals surface area contributed by atoms with Gasteiger partial charge in [0.25, 0.3) is 5.91 Å². The van der Waals surface area contributed by atoms with Crippen LogP contribution in [-0.4, -0.2) is 15.7 Å². The van der Waals surface area contributed by atoms with Gasteiger partial charge in [-0.05, 0) is 53.4 Å². The molecule has 2 aromatic carbocycles. The zero-order chi connectivity index (χ0) is 23.4. The average Bonchev–Trinajstić information content (AvgIpc) is 3.41. The van der Waals surface area contributed by atoms with Crippen LogP contribution in [0.5, 0.6) is 5.75 Å². The molecule has 0 aliphatic rings. The van der Waals surface area contributed by atoms with Gasteiger partial charge < -0.3 is 14.5 Å². The van der Waals surface area contributed by atoms with Gasteiger partial charge in [-0.2, -0.15) is 5.10 Å². The second kappa shape index (κ2) is 10.1. The van der Waals surface area contributed by atoms with Gasteiger partial charge in [-0.1, -0.05) is 61.3 Å². The molecule has 0 unspecified atom stereocenters. The van der Waals surface area contributed by atoms with Crippen LogP contribution in [0.4, 0.5) is 5.82 Å². The van der Waals surface area contributed by atoms with E-state index in [9.17, 15) is 4.79 Å². The quantitative estimate of drug-likeness (QED) is 0.299. The largest absolute Gasteiger partial charge is 0.486 e. The molecule has 0 radical (unpaired) electrons. The summed E-state index contributed by atoms with van der Waals surface area (Å²) in [6.45, 7) is 4.99. The Hall–Kier alpha value is -3.22. The summed E-state index contributed by atoms with van der Waals surface area (Å²) < 4.78 is 13.0. The molecule has 0 saturated heterocycles. The Morgan fingerprint density at radius 2 is 1.79 bits per heavy atom. The van der Waals surface area contributed by atoms with Crippen LogP contribution in [0.25, 0.3) is 0 Å². The number of carbonyl (C=O) groups excluding carboxylic acids is 1.